The molecule has 8 heteroatoms. The zero-order valence-electron chi connectivity index (χ0n) is 16.0. The largest absolute Gasteiger partial charge is 0.388 e. The number of nitrogens with one attached hydrogen (secondary N) is 1. The molecule has 0 saturated heterocycles. The van der Waals surface area contributed by atoms with Crippen LogP contribution in [0.2, 0.25) is 0 Å². The second-order valence-corrected chi connectivity index (χ2v) is 6.34. The Hall–Kier alpha value is -2.48. The molecule has 0 radical (unpaired) electrons. The second kappa shape index (κ2) is 9.28. The fraction of sp³-hybridized carbons (Fsp3) is 0.556. The number of nitrogens with zero attached hydrogens (tertiary/aromatic N) is 5. The number of anilines is 1. The van der Waals surface area contributed by atoms with Gasteiger partial charge in [-0.25, -0.2) is 9.97 Å². The number of aliphatic hydroxyl groups excluding tert-OH is 1. The van der Waals surface area contributed by atoms with E-state index >= 15 is 0 Å². The van der Waals surface area contributed by atoms with Gasteiger partial charge in [-0.2, -0.15) is 5.10 Å². The van der Waals surface area contributed by atoms with E-state index in [9.17, 15) is 4.79 Å². The summed E-state index contributed by atoms with van der Waals surface area (Å²) in [6.45, 7) is 7.62. The van der Waals surface area contributed by atoms with E-state index in [1.165, 1.54) is 0 Å². The number of carbonyl (C=O) groups is 1. The molecule has 0 saturated carbocycles. The lowest BCUT2D eigenvalue weighted by Gasteiger charge is -2.18. The number of unbranched alkanes of at least 4 members (excludes halogenated alkanes) is 1. The Morgan fingerprint density at radius 1 is 1.35 bits per heavy atom. The number of rotatable bonds is 9. The summed E-state index contributed by atoms with van der Waals surface area (Å²) in [5, 5.41) is 16.7. The van der Waals surface area contributed by atoms with Crippen LogP contribution in [0.5, 0.6) is 0 Å². The van der Waals surface area contributed by atoms with Gasteiger partial charge in [0.2, 0.25) is 0 Å². The number of hydrogen-bond acceptors (Lipinski definition) is 6. The first-order valence-corrected chi connectivity index (χ1v) is 8.93. The third kappa shape index (κ3) is 5.01. The average molecular weight is 360 g/mol. The number of hydrogen-bond donors (Lipinski definition) is 2. The Morgan fingerprint density at radius 3 is 2.81 bits per heavy atom. The summed E-state index contributed by atoms with van der Waals surface area (Å²) >= 11 is 0. The van der Waals surface area contributed by atoms with Gasteiger partial charge in [0.25, 0.3) is 5.91 Å². The first kappa shape index (κ1) is 19.8. The topological polar surface area (TPSA) is 96.2 Å². The van der Waals surface area contributed by atoms with Crippen LogP contribution in [0, 0.1) is 13.8 Å². The summed E-state index contributed by atoms with van der Waals surface area (Å²) in [4.78, 5) is 22.6. The quantitative estimate of drug-likeness (QED) is 0.707. The summed E-state index contributed by atoms with van der Waals surface area (Å²) in [5.41, 5.74) is 2.33. The molecule has 8 nitrogen and oxygen atoms in total. The highest BCUT2D eigenvalue weighted by Gasteiger charge is 2.17. The van der Waals surface area contributed by atoms with Gasteiger partial charge in [0.15, 0.2) is 5.82 Å². The molecule has 0 unspecified atom stereocenters. The molecule has 26 heavy (non-hydrogen) atoms. The number of aliphatic hydroxyl groups is 1. The molecule has 2 aromatic heterocycles. The van der Waals surface area contributed by atoms with E-state index in [1.54, 1.807) is 18.1 Å². The third-order valence-corrected chi connectivity index (χ3v) is 4.20. The van der Waals surface area contributed by atoms with Gasteiger partial charge >= 0.3 is 0 Å². The van der Waals surface area contributed by atoms with Gasteiger partial charge in [-0.3, -0.25) is 9.48 Å². The molecule has 0 aromatic carbocycles. The van der Waals surface area contributed by atoms with E-state index in [2.05, 4.69) is 27.3 Å². The predicted octanol–water partition coefficient (Wildman–Crippen LogP) is 1.77. The molecule has 2 rings (SSSR count). The summed E-state index contributed by atoms with van der Waals surface area (Å²) in [6.07, 6.45) is 3.79. The first-order chi connectivity index (χ1) is 12.5. The standard InChI is InChI=1S/C18H28N6O2/c1-5-6-8-24-14(3)15(11-20-24)18(26)23(4)9-7-19-16-10-13(2)21-17(12-25)22-16/h10-11,25H,5-9,12H2,1-4H3,(H,19,21,22). The maximum Gasteiger partial charge on any atom is 0.257 e. The van der Waals surface area contributed by atoms with Crippen LogP contribution >= 0.6 is 0 Å². The molecule has 0 fully saturated rings. The fourth-order valence-electron chi connectivity index (χ4n) is 2.64. The second-order valence-electron chi connectivity index (χ2n) is 6.34. The maximum absolute atomic E-state index is 12.6. The molecule has 0 aliphatic carbocycles. The van der Waals surface area contributed by atoms with Gasteiger partial charge in [-0.1, -0.05) is 13.3 Å². The van der Waals surface area contributed by atoms with Crippen molar-refractivity contribution >= 4 is 11.7 Å². The van der Waals surface area contributed by atoms with Crippen molar-refractivity contribution in [2.45, 2.75) is 46.8 Å². The van der Waals surface area contributed by atoms with Crippen molar-refractivity contribution in [1.82, 2.24) is 24.6 Å². The highest BCUT2D eigenvalue weighted by Crippen LogP contribution is 2.11. The highest BCUT2D eigenvalue weighted by molar-refractivity contribution is 5.94. The lowest BCUT2D eigenvalue weighted by molar-refractivity contribution is 0.0799. The zero-order valence-corrected chi connectivity index (χ0v) is 16.0. The molecule has 0 atom stereocenters. The Labute approximate surface area is 154 Å². The smallest absolute Gasteiger partial charge is 0.257 e. The minimum absolute atomic E-state index is 0.0398. The molecule has 2 heterocycles. The van der Waals surface area contributed by atoms with E-state index in [-0.39, 0.29) is 12.5 Å². The number of aryl methyl sites for hydroxylation is 2. The van der Waals surface area contributed by atoms with E-state index in [1.807, 2.05) is 24.6 Å². The Balaban J connectivity index is 1.91. The number of amides is 1. The summed E-state index contributed by atoms with van der Waals surface area (Å²) < 4.78 is 1.89. The molecule has 0 aliphatic rings. The van der Waals surface area contributed by atoms with Crippen molar-refractivity contribution in [3.05, 3.63) is 35.0 Å². The van der Waals surface area contributed by atoms with Crippen molar-refractivity contribution in [2.24, 2.45) is 0 Å². The Kier molecular flexibility index (Phi) is 7.08. The van der Waals surface area contributed by atoms with Gasteiger partial charge < -0.3 is 15.3 Å². The third-order valence-electron chi connectivity index (χ3n) is 4.20. The zero-order chi connectivity index (χ0) is 19.1. The minimum atomic E-state index is -0.198. The maximum atomic E-state index is 12.6. The van der Waals surface area contributed by atoms with Gasteiger partial charge in [0, 0.05) is 44.1 Å². The van der Waals surface area contributed by atoms with Crippen LogP contribution in [0.25, 0.3) is 0 Å². The SMILES string of the molecule is CCCCn1ncc(C(=O)N(C)CCNc2cc(C)nc(CO)n2)c1C. The summed E-state index contributed by atoms with van der Waals surface area (Å²) in [7, 11) is 1.78. The molecule has 142 valence electrons. The van der Waals surface area contributed by atoms with Crippen LogP contribution in [0.3, 0.4) is 0 Å². The Morgan fingerprint density at radius 2 is 2.12 bits per heavy atom. The lowest BCUT2D eigenvalue weighted by Crippen LogP contribution is -2.31. The van der Waals surface area contributed by atoms with E-state index in [0.717, 1.165) is 30.8 Å². The van der Waals surface area contributed by atoms with Crippen molar-refractivity contribution in [3.63, 3.8) is 0 Å². The lowest BCUT2D eigenvalue weighted by atomic mass is 10.2. The average Bonchev–Trinajstić information content (AvgIpc) is 2.99. The van der Waals surface area contributed by atoms with E-state index in [0.29, 0.717) is 30.3 Å². The molecule has 2 N–H and O–H groups in total. The van der Waals surface area contributed by atoms with Crippen LogP contribution in [0.1, 0.15) is 47.3 Å². The van der Waals surface area contributed by atoms with Crippen LogP contribution in [-0.2, 0) is 13.2 Å². The van der Waals surface area contributed by atoms with Gasteiger partial charge in [-0.15, -0.1) is 0 Å². The normalized spacial score (nSPS) is 10.8. The van der Waals surface area contributed by atoms with Crippen molar-refractivity contribution in [2.75, 3.05) is 25.5 Å². The molecule has 2 aromatic rings. The van der Waals surface area contributed by atoms with Gasteiger partial charge in [0.05, 0.1) is 11.8 Å². The number of carbonyl (C=O) groups excluding carboxylic acids is 1. The summed E-state index contributed by atoms with van der Waals surface area (Å²) in [5.74, 6) is 0.986. The van der Waals surface area contributed by atoms with E-state index in [4.69, 9.17) is 5.11 Å². The van der Waals surface area contributed by atoms with Crippen LogP contribution < -0.4 is 5.32 Å². The number of aromatic nitrogens is 4. The molecule has 1 amide bonds. The fourth-order valence-corrected chi connectivity index (χ4v) is 2.64. The highest BCUT2D eigenvalue weighted by atomic mass is 16.3. The molecular formula is C18H28N6O2. The van der Waals surface area contributed by atoms with Crippen molar-refractivity contribution in [1.29, 1.82) is 0 Å². The van der Waals surface area contributed by atoms with Crippen LogP contribution in [0.15, 0.2) is 12.3 Å². The van der Waals surface area contributed by atoms with Crippen molar-refractivity contribution < 1.29 is 9.90 Å². The predicted molar refractivity (Wildman–Crippen MR) is 100 cm³/mol. The Bertz CT molecular complexity index is 743. The summed E-state index contributed by atoms with van der Waals surface area (Å²) in [6, 6.07) is 1.81. The molecule has 0 spiro atoms. The van der Waals surface area contributed by atoms with Crippen molar-refractivity contribution in [3.8, 4) is 0 Å². The molecule has 0 aliphatic heterocycles. The van der Waals surface area contributed by atoms with Crippen LogP contribution in [0.4, 0.5) is 5.82 Å². The van der Waals surface area contributed by atoms with Gasteiger partial charge in [0.1, 0.15) is 12.4 Å². The van der Waals surface area contributed by atoms with E-state index < -0.39 is 0 Å². The monoisotopic (exact) mass is 360 g/mol. The van der Waals surface area contributed by atoms with Crippen LogP contribution in [-0.4, -0.2) is 55.8 Å². The first-order valence-electron chi connectivity index (χ1n) is 8.93. The molecule has 0 bridgehead atoms. The molecular weight excluding hydrogens is 332 g/mol. The number of likely N-dealkylation sites (N-methyl/N-ethyl adjacent to an activating group) is 1. The van der Waals surface area contributed by atoms with Gasteiger partial charge in [-0.05, 0) is 20.3 Å². The minimum Gasteiger partial charge on any atom is -0.388 e.